The molecule has 110 valence electrons. The maximum Gasteiger partial charge on any atom is 0.221 e. The number of hydrogen-bond donors (Lipinski definition) is 1. The highest BCUT2D eigenvalue weighted by atomic mass is 16.5. The molecule has 0 saturated heterocycles. The lowest BCUT2D eigenvalue weighted by atomic mass is 9.91. The second-order valence-electron chi connectivity index (χ2n) is 6.89. The summed E-state index contributed by atoms with van der Waals surface area (Å²) in [6.07, 6.45) is 2.96. The number of rotatable bonds is 5. The van der Waals surface area contributed by atoms with Crippen molar-refractivity contribution in [3.8, 4) is 5.75 Å². The molecule has 0 heterocycles. The van der Waals surface area contributed by atoms with Crippen molar-refractivity contribution in [2.75, 3.05) is 7.11 Å². The van der Waals surface area contributed by atoms with E-state index in [9.17, 15) is 4.79 Å². The first kappa shape index (κ1) is 14.9. The van der Waals surface area contributed by atoms with Crippen molar-refractivity contribution in [1.29, 1.82) is 0 Å². The molecule has 20 heavy (non-hydrogen) atoms. The third-order valence-corrected chi connectivity index (χ3v) is 3.58. The first-order valence-electron chi connectivity index (χ1n) is 7.32. The van der Waals surface area contributed by atoms with E-state index in [-0.39, 0.29) is 17.4 Å². The zero-order valence-corrected chi connectivity index (χ0v) is 12.9. The molecule has 3 nitrogen and oxygen atoms in total. The number of methoxy groups -OCH3 is 1. The summed E-state index contributed by atoms with van der Waals surface area (Å²) < 4.78 is 5.18. The first-order chi connectivity index (χ1) is 9.39. The Kier molecular flexibility index (Phi) is 4.36. The molecule has 1 atom stereocenters. The van der Waals surface area contributed by atoms with Crippen LogP contribution in [-0.2, 0) is 4.79 Å². The van der Waals surface area contributed by atoms with Crippen molar-refractivity contribution in [3.05, 3.63) is 29.8 Å². The second-order valence-corrected chi connectivity index (χ2v) is 6.89. The topological polar surface area (TPSA) is 38.3 Å². The van der Waals surface area contributed by atoms with Crippen LogP contribution < -0.4 is 10.1 Å². The Bertz CT molecular complexity index is 455. The minimum absolute atomic E-state index is 0.0259. The van der Waals surface area contributed by atoms with E-state index in [2.05, 4.69) is 38.2 Å². The largest absolute Gasteiger partial charge is 0.497 e. The van der Waals surface area contributed by atoms with Gasteiger partial charge in [-0.2, -0.15) is 0 Å². The van der Waals surface area contributed by atoms with Crippen LogP contribution in [0.1, 0.15) is 51.6 Å². The summed E-state index contributed by atoms with van der Waals surface area (Å²) in [5.41, 5.74) is 1.20. The van der Waals surface area contributed by atoms with Gasteiger partial charge in [0.25, 0.3) is 0 Å². The Morgan fingerprint density at radius 2 is 1.90 bits per heavy atom. The van der Waals surface area contributed by atoms with Crippen molar-refractivity contribution in [1.82, 2.24) is 5.32 Å². The van der Waals surface area contributed by atoms with Crippen LogP contribution in [0.5, 0.6) is 5.75 Å². The molecular weight excluding hydrogens is 250 g/mol. The summed E-state index contributed by atoms with van der Waals surface area (Å²) in [7, 11) is 1.67. The Morgan fingerprint density at radius 1 is 1.30 bits per heavy atom. The van der Waals surface area contributed by atoms with Gasteiger partial charge in [-0.25, -0.2) is 0 Å². The third kappa shape index (κ3) is 4.26. The maximum atomic E-state index is 12.2. The number of hydrogen-bond acceptors (Lipinski definition) is 2. The van der Waals surface area contributed by atoms with Crippen LogP contribution >= 0.6 is 0 Å². The standard InChI is InChI=1S/C17H25NO2/c1-17(2,3)11-15(19)18-16(12-5-6-12)13-7-9-14(20-4)10-8-13/h7-10,12,16H,5-6,11H2,1-4H3,(H,18,19). The molecule has 1 aliphatic rings. The van der Waals surface area contributed by atoms with E-state index in [1.165, 1.54) is 18.4 Å². The Hall–Kier alpha value is -1.51. The van der Waals surface area contributed by atoms with Crippen LogP contribution in [-0.4, -0.2) is 13.0 Å². The lowest BCUT2D eigenvalue weighted by Crippen LogP contribution is -2.32. The van der Waals surface area contributed by atoms with Gasteiger partial charge in [-0.05, 0) is 41.9 Å². The lowest BCUT2D eigenvalue weighted by molar-refractivity contribution is -0.123. The van der Waals surface area contributed by atoms with Gasteiger partial charge in [0.15, 0.2) is 0 Å². The molecule has 0 bridgehead atoms. The van der Waals surface area contributed by atoms with Gasteiger partial charge in [-0.15, -0.1) is 0 Å². The zero-order chi connectivity index (χ0) is 14.8. The lowest BCUT2D eigenvalue weighted by Gasteiger charge is -2.23. The fourth-order valence-electron chi connectivity index (χ4n) is 2.42. The number of carbonyl (C=O) groups is 1. The molecule has 0 radical (unpaired) electrons. The summed E-state index contributed by atoms with van der Waals surface area (Å²) in [6, 6.07) is 8.18. The van der Waals surface area contributed by atoms with Crippen molar-refractivity contribution in [2.24, 2.45) is 11.3 Å². The van der Waals surface area contributed by atoms with Crippen LogP contribution in [0.3, 0.4) is 0 Å². The molecular formula is C17H25NO2. The predicted molar refractivity (Wildman–Crippen MR) is 80.7 cm³/mol. The van der Waals surface area contributed by atoms with Crippen LogP contribution in [0, 0.1) is 11.3 Å². The fourth-order valence-corrected chi connectivity index (χ4v) is 2.42. The van der Waals surface area contributed by atoms with E-state index in [4.69, 9.17) is 4.74 Å². The summed E-state index contributed by atoms with van der Waals surface area (Å²) >= 11 is 0. The molecule has 1 saturated carbocycles. The van der Waals surface area contributed by atoms with Gasteiger partial charge >= 0.3 is 0 Å². The zero-order valence-electron chi connectivity index (χ0n) is 12.9. The Labute approximate surface area is 121 Å². The van der Waals surface area contributed by atoms with Crippen LogP contribution in [0.15, 0.2) is 24.3 Å². The summed E-state index contributed by atoms with van der Waals surface area (Å²) in [5.74, 6) is 1.59. The normalized spacial score (nSPS) is 16.6. The van der Waals surface area contributed by atoms with Crippen LogP contribution in [0.4, 0.5) is 0 Å². The van der Waals surface area contributed by atoms with Gasteiger partial charge in [0.1, 0.15) is 5.75 Å². The second kappa shape index (κ2) is 5.86. The smallest absolute Gasteiger partial charge is 0.221 e. The molecule has 1 amide bonds. The fraction of sp³-hybridized carbons (Fsp3) is 0.588. The number of amides is 1. The molecule has 1 N–H and O–H groups in total. The Balaban J connectivity index is 2.05. The third-order valence-electron chi connectivity index (χ3n) is 3.58. The average Bonchev–Trinajstić information content (AvgIpc) is 3.18. The van der Waals surface area contributed by atoms with E-state index in [0.29, 0.717) is 12.3 Å². The molecule has 1 aliphatic carbocycles. The van der Waals surface area contributed by atoms with Crippen molar-refractivity contribution < 1.29 is 9.53 Å². The maximum absolute atomic E-state index is 12.2. The number of carbonyl (C=O) groups excluding carboxylic acids is 1. The minimum atomic E-state index is 0.0259. The molecule has 1 aromatic rings. The molecule has 3 heteroatoms. The number of ether oxygens (including phenoxy) is 1. The SMILES string of the molecule is COc1ccc(C(NC(=O)CC(C)(C)C)C2CC2)cc1. The molecule has 1 fully saturated rings. The minimum Gasteiger partial charge on any atom is -0.497 e. The highest BCUT2D eigenvalue weighted by molar-refractivity contribution is 5.77. The molecule has 0 aromatic heterocycles. The monoisotopic (exact) mass is 275 g/mol. The molecule has 0 aliphatic heterocycles. The average molecular weight is 275 g/mol. The van der Waals surface area contributed by atoms with Gasteiger partial charge < -0.3 is 10.1 Å². The van der Waals surface area contributed by atoms with Gasteiger partial charge in [0.05, 0.1) is 13.2 Å². The van der Waals surface area contributed by atoms with E-state index in [1.54, 1.807) is 7.11 Å². The van der Waals surface area contributed by atoms with Crippen molar-refractivity contribution in [3.63, 3.8) is 0 Å². The Morgan fingerprint density at radius 3 is 2.35 bits per heavy atom. The van der Waals surface area contributed by atoms with Crippen molar-refractivity contribution in [2.45, 2.75) is 46.1 Å². The summed E-state index contributed by atoms with van der Waals surface area (Å²) in [5, 5.41) is 3.21. The molecule has 0 spiro atoms. The first-order valence-corrected chi connectivity index (χ1v) is 7.32. The van der Waals surface area contributed by atoms with Gasteiger partial charge in [0.2, 0.25) is 5.91 Å². The van der Waals surface area contributed by atoms with Crippen LogP contribution in [0.2, 0.25) is 0 Å². The van der Waals surface area contributed by atoms with E-state index in [0.717, 1.165) is 5.75 Å². The molecule has 1 aromatic carbocycles. The summed E-state index contributed by atoms with van der Waals surface area (Å²) in [4.78, 5) is 12.2. The summed E-state index contributed by atoms with van der Waals surface area (Å²) in [6.45, 7) is 6.27. The molecule has 2 rings (SSSR count). The van der Waals surface area contributed by atoms with E-state index >= 15 is 0 Å². The highest BCUT2D eigenvalue weighted by Crippen LogP contribution is 2.41. The van der Waals surface area contributed by atoms with Crippen molar-refractivity contribution >= 4 is 5.91 Å². The van der Waals surface area contributed by atoms with Gasteiger partial charge in [-0.1, -0.05) is 32.9 Å². The number of nitrogens with one attached hydrogen (secondary N) is 1. The molecule has 1 unspecified atom stereocenters. The van der Waals surface area contributed by atoms with E-state index in [1.807, 2.05) is 12.1 Å². The van der Waals surface area contributed by atoms with Crippen LogP contribution in [0.25, 0.3) is 0 Å². The van der Waals surface area contributed by atoms with Gasteiger partial charge in [0, 0.05) is 6.42 Å². The quantitative estimate of drug-likeness (QED) is 0.890. The number of benzene rings is 1. The van der Waals surface area contributed by atoms with E-state index < -0.39 is 0 Å². The highest BCUT2D eigenvalue weighted by Gasteiger charge is 2.33. The van der Waals surface area contributed by atoms with Gasteiger partial charge in [-0.3, -0.25) is 4.79 Å². The predicted octanol–water partition coefficient (Wildman–Crippen LogP) is 3.70.